The molecule has 2 rings (SSSR count). The Morgan fingerprint density at radius 1 is 1.10 bits per heavy atom. The Hall–Kier alpha value is -2.23. The molecule has 0 spiro atoms. The molecule has 0 atom stereocenters. The number of pyridine rings is 1. The van der Waals surface area contributed by atoms with Gasteiger partial charge in [-0.2, -0.15) is 4.98 Å². The Bertz CT molecular complexity index is 585. The van der Waals surface area contributed by atoms with Gasteiger partial charge in [0.15, 0.2) is 11.5 Å². The highest BCUT2D eigenvalue weighted by Crippen LogP contribution is 2.32. The standard InChI is InChI=1S/C17H22N2O2/c1-4-11-18-16-7-6-8-17(19-16)21-14-10-9-13(5-2)12-15(14)20-3/h6-10,12H,4-5,11H2,1-3H3,(H,18,19). The van der Waals surface area contributed by atoms with E-state index in [2.05, 4.69) is 24.1 Å². The lowest BCUT2D eigenvalue weighted by molar-refractivity contribution is 0.374. The number of rotatable bonds is 7. The summed E-state index contributed by atoms with van der Waals surface area (Å²) in [7, 11) is 1.65. The van der Waals surface area contributed by atoms with E-state index >= 15 is 0 Å². The first-order chi connectivity index (χ1) is 10.3. The summed E-state index contributed by atoms with van der Waals surface area (Å²) in [5.74, 6) is 2.77. The molecular formula is C17H22N2O2. The minimum Gasteiger partial charge on any atom is -0.493 e. The van der Waals surface area contributed by atoms with E-state index in [0.29, 0.717) is 11.6 Å². The molecule has 0 saturated heterocycles. The summed E-state index contributed by atoms with van der Waals surface area (Å²) in [5.41, 5.74) is 1.21. The average Bonchev–Trinajstić information content (AvgIpc) is 2.53. The number of hydrogen-bond acceptors (Lipinski definition) is 4. The van der Waals surface area contributed by atoms with E-state index in [9.17, 15) is 0 Å². The third-order valence-electron chi connectivity index (χ3n) is 3.13. The Morgan fingerprint density at radius 2 is 1.95 bits per heavy atom. The van der Waals surface area contributed by atoms with Crippen molar-refractivity contribution in [1.82, 2.24) is 4.98 Å². The van der Waals surface area contributed by atoms with Crippen molar-refractivity contribution in [3.8, 4) is 17.4 Å². The molecule has 0 aliphatic heterocycles. The topological polar surface area (TPSA) is 43.4 Å². The van der Waals surface area contributed by atoms with Gasteiger partial charge in [0, 0.05) is 12.6 Å². The van der Waals surface area contributed by atoms with E-state index in [-0.39, 0.29) is 0 Å². The molecular weight excluding hydrogens is 264 g/mol. The zero-order valence-electron chi connectivity index (χ0n) is 12.8. The highest BCUT2D eigenvalue weighted by Gasteiger charge is 2.07. The highest BCUT2D eigenvalue weighted by molar-refractivity contribution is 5.45. The summed E-state index contributed by atoms with van der Waals surface area (Å²) in [6.45, 7) is 5.12. The van der Waals surface area contributed by atoms with Crippen molar-refractivity contribution in [2.24, 2.45) is 0 Å². The normalized spacial score (nSPS) is 10.2. The fraction of sp³-hybridized carbons (Fsp3) is 0.353. The van der Waals surface area contributed by atoms with Crippen molar-refractivity contribution in [3.05, 3.63) is 42.0 Å². The van der Waals surface area contributed by atoms with Gasteiger partial charge in [-0.15, -0.1) is 0 Å². The number of nitrogens with zero attached hydrogens (tertiary/aromatic N) is 1. The summed E-state index contributed by atoms with van der Waals surface area (Å²) in [4.78, 5) is 4.43. The van der Waals surface area contributed by atoms with Crippen LogP contribution in [0, 0.1) is 0 Å². The van der Waals surface area contributed by atoms with Gasteiger partial charge in [0.2, 0.25) is 5.88 Å². The van der Waals surface area contributed by atoms with Crippen molar-refractivity contribution in [1.29, 1.82) is 0 Å². The quantitative estimate of drug-likeness (QED) is 0.825. The number of aryl methyl sites for hydroxylation is 1. The van der Waals surface area contributed by atoms with Gasteiger partial charge in [-0.05, 0) is 36.6 Å². The Labute approximate surface area is 126 Å². The van der Waals surface area contributed by atoms with E-state index in [1.165, 1.54) is 5.56 Å². The second kappa shape index (κ2) is 7.53. The van der Waals surface area contributed by atoms with Crippen molar-refractivity contribution < 1.29 is 9.47 Å². The number of anilines is 1. The molecule has 0 fully saturated rings. The Balaban J connectivity index is 2.17. The molecule has 4 heteroatoms. The summed E-state index contributed by atoms with van der Waals surface area (Å²) >= 11 is 0. The van der Waals surface area contributed by atoms with Crippen molar-refractivity contribution in [3.63, 3.8) is 0 Å². The second-order valence-corrected chi connectivity index (χ2v) is 4.73. The van der Waals surface area contributed by atoms with Gasteiger partial charge in [-0.3, -0.25) is 0 Å². The van der Waals surface area contributed by atoms with E-state index in [1.807, 2.05) is 36.4 Å². The molecule has 1 heterocycles. The predicted octanol–water partition coefficient (Wildman–Crippen LogP) is 4.27. The third kappa shape index (κ3) is 4.12. The second-order valence-electron chi connectivity index (χ2n) is 4.73. The highest BCUT2D eigenvalue weighted by atomic mass is 16.5. The fourth-order valence-corrected chi connectivity index (χ4v) is 1.95. The summed E-state index contributed by atoms with van der Waals surface area (Å²) < 4.78 is 11.2. The minimum absolute atomic E-state index is 0.554. The zero-order valence-corrected chi connectivity index (χ0v) is 12.8. The van der Waals surface area contributed by atoms with Crippen LogP contribution in [0.15, 0.2) is 36.4 Å². The minimum atomic E-state index is 0.554. The van der Waals surface area contributed by atoms with Crippen LogP contribution in [0.25, 0.3) is 0 Å². The zero-order chi connectivity index (χ0) is 15.1. The lowest BCUT2D eigenvalue weighted by Gasteiger charge is -2.12. The van der Waals surface area contributed by atoms with Gasteiger partial charge in [-0.25, -0.2) is 0 Å². The van der Waals surface area contributed by atoms with Crippen LogP contribution in [-0.4, -0.2) is 18.6 Å². The molecule has 112 valence electrons. The monoisotopic (exact) mass is 286 g/mol. The van der Waals surface area contributed by atoms with Crippen LogP contribution >= 0.6 is 0 Å². The third-order valence-corrected chi connectivity index (χ3v) is 3.13. The van der Waals surface area contributed by atoms with Crippen molar-refractivity contribution in [2.45, 2.75) is 26.7 Å². The number of methoxy groups -OCH3 is 1. The van der Waals surface area contributed by atoms with Gasteiger partial charge in [0.1, 0.15) is 5.82 Å². The van der Waals surface area contributed by atoms with Gasteiger partial charge in [0.05, 0.1) is 7.11 Å². The molecule has 1 aromatic heterocycles. The molecule has 1 aromatic carbocycles. The number of ether oxygens (including phenoxy) is 2. The molecule has 2 aromatic rings. The summed E-state index contributed by atoms with van der Waals surface area (Å²) in [6, 6.07) is 11.6. The molecule has 0 radical (unpaired) electrons. The first kappa shape index (κ1) is 15.2. The SMILES string of the molecule is CCCNc1cccc(Oc2ccc(CC)cc2OC)n1. The fourth-order valence-electron chi connectivity index (χ4n) is 1.95. The maximum absolute atomic E-state index is 5.84. The Morgan fingerprint density at radius 3 is 2.67 bits per heavy atom. The van der Waals surface area contributed by atoms with Crippen molar-refractivity contribution >= 4 is 5.82 Å². The molecule has 0 aliphatic carbocycles. The van der Waals surface area contributed by atoms with Crippen LogP contribution in [-0.2, 0) is 6.42 Å². The molecule has 0 amide bonds. The van der Waals surface area contributed by atoms with E-state index in [4.69, 9.17) is 9.47 Å². The maximum atomic E-state index is 5.84. The molecule has 1 N–H and O–H groups in total. The Kier molecular flexibility index (Phi) is 5.43. The molecule has 21 heavy (non-hydrogen) atoms. The first-order valence-corrected chi connectivity index (χ1v) is 7.32. The maximum Gasteiger partial charge on any atom is 0.221 e. The molecule has 4 nitrogen and oxygen atoms in total. The van der Waals surface area contributed by atoms with Crippen LogP contribution < -0.4 is 14.8 Å². The van der Waals surface area contributed by atoms with Gasteiger partial charge >= 0.3 is 0 Å². The van der Waals surface area contributed by atoms with Gasteiger partial charge in [0.25, 0.3) is 0 Å². The number of aromatic nitrogens is 1. The van der Waals surface area contributed by atoms with Crippen LogP contribution in [0.5, 0.6) is 17.4 Å². The number of nitrogens with one attached hydrogen (secondary N) is 1. The lowest BCUT2D eigenvalue weighted by atomic mass is 10.1. The van der Waals surface area contributed by atoms with Gasteiger partial charge < -0.3 is 14.8 Å². The van der Waals surface area contributed by atoms with E-state index in [0.717, 1.165) is 31.0 Å². The average molecular weight is 286 g/mol. The first-order valence-electron chi connectivity index (χ1n) is 7.32. The van der Waals surface area contributed by atoms with Crippen LogP contribution in [0.3, 0.4) is 0 Å². The van der Waals surface area contributed by atoms with E-state index < -0.39 is 0 Å². The number of hydrogen-bond donors (Lipinski definition) is 1. The summed E-state index contributed by atoms with van der Waals surface area (Å²) in [5, 5.41) is 3.24. The lowest BCUT2D eigenvalue weighted by Crippen LogP contribution is -2.02. The largest absolute Gasteiger partial charge is 0.493 e. The number of benzene rings is 1. The molecule has 0 bridgehead atoms. The predicted molar refractivity (Wildman–Crippen MR) is 85.5 cm³/mol. The molecule has 0 saturated carbocycles. The van der Waals surface area contributed by atoms with Crippen LogP contribution in [0.1, 0.15) is 25.8 Å². The smallest absolute Gasteiger partial charge is 0.221 e. The molecule has 0 aliphatic rings. The van der Waals surface area contributed by atoms with Crippen LogP contribution in [0.4, 0.5) is 5.82 Å². The van der Waals surface area contributed by atoms with Gasteiger partial charge in [-0.1, -0.05) is 26.0 Å². The van der Waals surface area contributed by atoms with Crippen LogP contribution in [0.2, 0.25) is 0 Å². The van der Waals surface area contributed by atoms with Crippen molar-refractivity contribution in [2.75, 3.05) is 19.0 Å². The molecule has 0 unspecified atom stereocenters. The summed E-state index contributed by atoms with van der Waals surface area (Å²) in [6.07, 6.45) is 2.02. The van der Waals surface area contributed by atoms with E-state index in [1.54, 1.807) is 7.11 Å².